The van der Waals surface area contributed by atoms with Crippen LogP contribution in [0.3, 0.4) is 0 Å². The molecule has 1 aliphatic heterocycles. The molecule has 4 rings (SSSR count). The summed E-state index contributed by atoms with van der Waals surface area (Å²) in [5.41, 5.74) is 4.83. The van der Waals surface area contributed by atoms with Gasteiger partial charge in [0, 0.05) is 31.7 Å². The molecule has 0 fully saturated rings. The monoisotopic (exact) mass is 473 g/mol. The number of aryl methyl sites for hydroxylation is 1. The normalized spacial score (nSPS) is 14.7. The topological polar surface area (TPSA) is 88.9 Å². The second kappa shape index (κ2) is 11.0. The maximum Gasteiger partial charge on any atom is 0.270 e. The largest absolute Gasteiger partial charge is 0.497 e. The van der Waals surface area contributed by atoms with Gasteiger partial charge in [0.05, 0.1) is 12.8 Å². The van der Waals surface area contributed by atoms with E-state index in [1.807, 2.05) is 24.3 Å². The van der Waals surface area contributed by atoms with Crippen LogP contribution in [-0.4, -0.2) is 41.8 Å². The smallest absolute Gasteiger partial charge is 0.270 e. The molecule has 1 N–H and O–H groups in total. The van der Waals surface area contributed by atoms with Crippen LogP contribution in [0, 0.1) is 6.92 Å². The summed E-state index contributed by atoms with van der Waals surface area (Å²) in [6.07, 6.45) is 0.395. The van der Waals surface area contributed by atoms with Crippen LogP contribution in [0.5, 0.6) is 5.75 Å². The summed E-state index contributed by atoms with van der Waals surface area (Å²) in [4.78, 5) is 29.6. The highest BCUT2D eigenvalue weighted by atomic mass is 16.6. The van der Waals surface area contributed by atoms with Crippen molar-refractivity contribution in [2.75, 3.05) is 25.1 Å². The number of hydrogen-bond donors (Lipinski definition) is 1. The number of nitrogens with zero attached hydrogens (tertiary/aromatic N) is 4. The Balaban J connectivity index is 1.41. The number of amides is 1. The Labute approximate surface area is 206 Å². The van der Waals surface area contributed by atoms with Gasteiger partial charge in [-0.05, 0) is 62.2 Å². The molecule has 0 aliphatic carbocycles. The van der Waals surface area contributed by atoms with Crippen molar-refractivity contribution in [2.24, 2.45) is 5.16 Å². The van der Waals surface area contributed by atoms with E-state index >= 15 is 0 Å². The predicted molar refractivity (Wildman–Crippen MR) is 136 cm³/mol. The van der Waals surface area contributed by atoms with Gasteiger partial charge in [0.15, 0.2) is 6.10 Å². The second-order valence-electron chi connectivity index (χ2n) is 8.32. The number of carbonyl (C=O) groups excluding carboxylic acids is 1. The van der Waals surface area contributed by atoms with Gasteiger partial charge >= 0.3 is 0 Å². The summed E-state index contributed by atoms with van der Waals surface area (Å²) in [6.45, 7) is 8.38. The summed E-state index contributed by atoms with van der Waals surface area (Å²) in [5.74, 6) is 1.01. The first-order valence-electron chi connectivity index (χ1n) is 11.9. The van der Waals surface area contributed by atoms with Gasteiger partial charge in [-0.3, -0.25) is 4.79 Å². The molecule has 2 aromatic carbocycles. The molecule has 1 atom stereocenters. The summed E-state index contributed by atoms with van der Waals surface area (Å²) in [7, 11) is 1.62. The van der Waals surface area contributed by atoms with Gasteiger partial charge in [-0.25, -0.2) is 9.97 Å². The van der Waals surface area contributed by atoms with E-state index < -0.39 is 0 Å². The van der Waals surface area contributed by atoms with Crippen LogP contribution >= 0.6 is 0 Å². The first-order valence-corrected chi connectivity index (χ1v) is 11.9. The fourth-order valence-corrected chi connectivity index (χ4v) is 4.04. The Morgan fingerprint density at radius 2 is 1.80 bits per heavy atom. The molecule has 3 aromatic rings. The summed E-state index contributed by atoms with van der Waals surface area (Å²) in [5, 5.41) is 7.19. The number of oxime groups is 1. The zero-order valence-corrected chi connectivity index (χ0v) is 20.6. The molecule has 0 bridgehead atoms. The number of carbonyl (C=O) groups is 1. The molecule has 0 radical (unpaired) electrons. The summed E-state index contributed by atoms with van der Waals surface area (Å²) < 4.78 is 5.17. The molecule has 2 heterocycles. The number of benzene rings is 2. The number of anilines is 1. The zero-order valence-electron chi connectivity index (χ0n) is 20.6. The molecular weight excluding hydrogens is 442 g/mol. The molecule has 8 nitrogen and oxygen atoms in total. The number of nitrogens with one attached hydrogen (secondary N) is 1. The lowest BCUT2D eigenvalue weighted by Gasteiger charge is -2.21. The van der Waals surface area contributed by atoms with E-state index in [1.165, 1.54) is 5.69 Å². The van der Waals surface area contributed by atoms with Gasteiger partial charge in [0.1, 0.15) is 23.0 Å². The summed E-state index contributed by atoms with van der Waals surface area (Å²) in [6, 6.07) is 17.6. The van der Waals surface area contributed by atoms with Crippen molar-refractivity contribution in [3.05, 3.63) is 82.9 Å². The van der Waals surface area contributed by atoms with Crippen molar-refractivity contribution in [1.82, 2.24) is 15.3 Å². The van der Waals surface area contributed by atoms with E-state index in [0.717, 1.165) is 30.0 Å². The van der Waals surface area contributed by atoms with Crippen molar-refractivity contribution in [3.63, 3.8) is 0 Å². The summed E-state index contributed by atoms with van der Waals surface area (Å²) >= 11 is 0. The third kappa shape index (κ3) is 5.77. The minimum absolute atomic E-state index is 0.182. The minimum Gasteiger partial charge on any atom is -0.497 e. The first kappa shape index (κ1) is 24.2. The lowest BCUT2D eigenvalue weighted by molar-refractivity contribution is 0.0857. The van der Waals surface area contributed by atoms with Crippen LogP contribution in [0.25, 0.3) is 0 Å². The standard InChI is InChI=1S/C27H31N5O3/c1-5-32(6-2)21-11-9-20(10-12-21)26-16-24(31-35-26)23-15-25(30-18(3)29-23)27(33)28-17-19-7-13-22(34-4)14-8-19/h7-15,26H,5-6,16-17H2,1-4H3,(H,28,33). The van der Waals surface area contributed by atoms with Crippen LogP contribution in [0.4, 0.5) is 5.69 Å². The number of methoxy groups -OCH3 is 1. The molecule has 1 amide bonds. The Bertz CT molecular complexity index is 1190. The number of rotatable bonds is 9. The lowest BCUT2D eigenvalue weighted by Crippen LogP contribution is -2.25. The SMILES string of the molecule is CCN(CC)c1ccc(C2CC(c3cc(C(=O)NCc4ccc(OC)cc4)nc(C)n3)=NO2)cc1. The molecule has 8 heteroatoms. The molecule has 1 unspecified atom stereocenters. The van der Waals surface area contributed by atoms with Gasteiger partial charge in [-0.1, -0.05) is 29.4 Å². The van der Waals surface area contributed by atoms with Gasteiger partial charge in [-0.2, -0.15) is 0 Å². The first-order chi connectivity index (χ1) is 17.0. The molecule has 1 aliphatic rings. The Morgan fingerprint density at radius 3 is 2.46 bits per heavy atom. The van der Waals surface area contributed by atoms with Gasteiger partial charge in [-0.15, -0.1) is 0 Å². The van der Waals surface area contributed by atoms with E-state index in [2.05, 4.69) is 63.5 Å². The van der Waals surface area contributed by atoms with Gasteiger partial charge in [0.25, 0.3) is 5.91 Å². The quantitative estimate of drug-likeness (QED) is 0.494. The third-order valence-electron chi connectivity index (χ3n) is 6.04. The average Bonchev–Trinajstić information content (AvgIpc) is 3.39. The number of aromatic nitrogens is 2. The third-order valence-corrected chi connectivity index (χ3v) is 6.04. The molecule has 0 spiro atoms. The minimum atomic E-state index is -0.268. The fraction of sp³-hybridized carbons (Fsp3) is 0.333. The van der Waals surface area contributed by atoms with Gasteiger partial charge < -0.3 is 19.8 Å². The molecular formula is C27H31N5O3. The van der Waals surface area contributed by atoms with Crippen molar-refractivity contribution in [3.8, 4) is 5.75 Å². The van der Waals surface area contributed by atoms with Crippen molar-refractivity contribution in [1.29, 1.82) is 0 Å². The molecule has 35 heavy (non-hydrogen) atoms. The predicted octanol–water partition coefficient (Wildman–Crippen LogP) is 4.44. The number of hydrogen-bond acceptors (Lipinski definition) is 7. The maximum atomic E-state index is 12.8. The van der Waals surface area contributed by atoms with Crippen molar-refractivity contribution >= 4 is 17.3 Å². The van der Waals surface area contributed by atoms with Crippen LogP contribution < -0.4 is 15.0 Å². The van der Waals surface area contributed by atoms with Crippen molar-refractivity contribution < 1.29 is 14.4 Å². The maximum absolute atomic E-state index is 12.8. The Kier molecular flexibility index (Phi) is 7.60. The van der Waals surface area contributed by atoms with E-state index in [4.69, 9.17) is 9.57 Å². The highest BCUT2D eigenvalue weighted by Gasteiger charge is 2.26. The Hall–Kier alpha value is -3.94. The average molecular weight is 474 g/mol. The van der Waals surface area contributed by atoms with Crippen LogP contribution in [0.1, 0.15) is 59.5 Å². The fourth-order valence-electron chi connectivity index (χ4n) is 4.04. The van der Waals surface area contributed by atoms with E-state index in [0.29, 0.717) is 35.9 Å². The second-order valence-corrected chi connectivity index (χ2v) is 8.32. The van der Waals surface area contributed by atoms with Crippen LogP contribution in [0.2, 0.25) is 0 Å². The zero-order chi connectivity index (χ0) is 24.8. The van der Waals surface area contributed by atoms with Crippen molar-refractivity contribution in [2.45, 2.75) is 39.8 Å². The molecule has 1 aromatic heterocycles. The van der Waals surface area contributed by atoms with E-state index in [1.54, 1.807) is 20.1 Å². The molecule has 0 saturated heterocycles. The van der Waals surface area contributed by atoms with E-state index in [-0.39, 0.29) is 12.0 Å². The molecule has 0 saturated carbocycles. The lowest BCUT2D eigenvalue weighted by atomic mass is 10.0. The van der Waals surface area contributed by atoms with E-state index in [9.17, 15) is 4.79 Å². The Morgan fingerprint density at radius 1 is 1.09 bits per heavy atom. The highest BCUT2D eigenvalue weighted by molar-refractivity contribution is 6.02. The van der Waals surface area contributed by atoms with Gasteiger partial charge in [0.2, 0.25) is 0 Å². The van der Waals surface area contributed by atoms with Crippen LogP contribution in [0.15, 0.2) is 59.8 Å². The number of ether oxygens (including phenoxy) is 1. The highest BCUT2D eigenvalue weighted by Crippen LogP contribution is 2.30. The molecule has 182 valence electrons. The van der Waals surface area contributed by atoms with Crippen LogP contribution in [-0.2, 0) is 11.4 Å².